The van der Waals surface area contributed by atoms with E-state index >= 15 is 0 Å². The van der Waals surface area contributed by atoms with Gasteiger partial charge in [-0.3, -0.25) is 4.98 Å². The molecule has 0 aromatic carbocycles. The minimum absolute atomic E-state index is 0.565. The lowest BCUT2D eigenvalue weighted by Gasteiger charge is -2.08. The van der Waals surface area contributed by atoms with Gasteiger partial charge >= 0.3 is 0 Å². The molecule has 1 atom stereocenters. The number of aliphatic hydroxyl groups is 1. The summed E-state index contributed by atoms with van der Waals surface area (Å²) in [6.45, 7) is 0. The van der Waals surface area contributed by atoms with Crippen molar-refractivity contribution < 1.29 is 5.11 Å². The third kappa shape index (κ3) is 1.65. The molecule has 16 heavy (non-hydrogen) atoms. The number of aliphatic hydroxyl groups excluding tert-OH is 1. The Morgan fingerprint density at radius 3 is 2.94 bits per heavy atom. The van der Waals surface area contributed by atoms with Crippen LogP contribution in [0.1, 0.15) is 17.2 Å². The fourth-order valence-corrected chi connectivity index (χ4v) is 3.10. The van der Waals surface area contributed by atoms with E-state index in [1.807, 2.05) is 34.3 Å². The predicted octanol–water partition coefficient (Wildman–Crippen LogP) is 3.44. The van der Waals surface area contributed by atoms with Crippen molar-refractivity contribution in [3.05, 3.63) is 51.7 Å². The van der Waals surface area contributed by atoms with Gasteiger partial charge in [0.05, 0.1) is 10.2 Å². The number of hydrogen-bond acceptors (Lipinski definition) is 4. The van der Waals surface area contributed by atoms with Gasteiger partial charge in [-0.1, -0.05) is 0 Å². The number of thiophene rings is 2. The van der Waals surface area contributed by atoms with Gasteiger partial charge in [-0.05, 0) is 39.9 Å². The first kappa shape index (κ1) is 9.96. The molecule has 0 bridgehead atoms. The monoisotopic (exact) mass is 247 g/mol. The molecule has 3 heterocycles. The van der Waals surface area contributed by atoms with Crippen LogP contribution >= 0.6 is 22.7 Å². The minimum atomic E-state index is -0.565. The fraction of sp³-hybridized carbons (Fsp3) is 0.0833. The van der Waals surface area contributed by atoms with E-state index in [0.29, 0.717) is 0 Å². The lowest BCUT2D eigenvalue weighted by molar-refractivity contribution is 0.220. The molecule has 0 spiro atoms. The Balaban J connectivity index is 2.05. The summed E-state index contributed by atoms with van der Waals surface area (Å²) >= 11 is 3.24. The molecule has 0 amide bonds. The summed E-state index contributed by atoms with van der Waals surface area (Å²) in [4.78, 5) is 4.33. The lowest BCUT2D eigenvalue weighted by Crippen LogP contribution is -1.98. The van der Waals surface area contributed by atoms with Crippen LogP contribution in [0.3, 0.4) is 0 Å². The first-order valence-corrected chi connectivity index (χ1v) is 6.70. The third-order valence-electron chi connectivity index (χ3n) is 2.50. The van der Waals surface area contributed by atoms with Crippen molar-refractivity contribution in [3.8, 4) is 0 Å². The molecule has 0 radical (unpaired) electrons. The first-order valence-electron chi connectivity index (χ1n) is 4.88. The average molecular weight is 247 g/mol. The van der Waals surface area contributed by atoms with Gasteiger partial charge < -0.3 is 5.11 Å². The molecule has 1 unspecified atom stereocenters. The SMILES string of the molecule is OC(c1ccsc1)c1cnc2ccsc2c1. The Morgan fingerprint density at radius 1 is 1.19 bits per heavy atom. The van der Waals surface area contributed by atoms with Gasteiger partial charge in [0.1, 0.15) is 6.10 Å². The molecule has 0 saturated heterocycles. The van der Waals surface area contributed by atoms with E-state index in [-0.39, 0.29) is 0 Å². The molecule has 2 nitrogen and oxygen atoms in total. The van der Waals surface area contributed by atoms with Crippen LogP contribution in [0.5, 0.6) is 0 Å². The molecule has 80 valence electrons. The normalized spacial score (nSPS) is 13.1. The second kappa shape index (κ2) is 3.97. The molecular formula is C12H9NOS2. The third-order valence-corrected chi connectivity index (χ3v) is 4.05. The fourth-order valence-electron chi connectivity index (χ4n) is 1.63. The minimum Gasteiger partial charge on any atom is -0.384 e. The Bertz CT molecular complexity index is 600. The lowest BCUT2D eigenvalue weighted by atomic mass is 10.1. The van der Waals surface area contributed by atoms with E-state index < -0.39 is 6.10 Å². The van der Waals surface area contributed by atoms with E-state index in [2.05, 4.69) is 4.98 Å². The Hall–Kier alpha value is -1.23. The van der Waals surface area contributed by atoms with Crippen molar-refractivity contribution in [2.24, 2.45) is 0 Å². The zero-order valence-electron chi connectivity index (χ0n) is 8.33. The molecular weight excluding hydrogens is 238 g/mol. The van der Waals surface area contributed by atoms with Crippen molar-refractivity contribution in [3.63, 3.8) is 0 Å². The van der Waals surface area contributed by atoms with Crippen molar-refractivity contribution in [2.75, 3.05) is 0 Å². The maximum atomic E-state index is 10.1. The van der Waals surface area contributed by atoms with Crippen molar-refractivity contribution in [2.45, 2.75) is 6.10 Å². The molecule has 1 N–H and O–H groups in total. The Labute approximate surface area is 101 Å². The van der Waals surface area contributed by atoms with Crippen molar-refractivity contribution in [1.29, 1.82) is 0 Å². The summed E-state index contributed by atoms with van der Waals surface area (Å²) in [7, 11) is 0. The highest BCUT2D eigenvalue weighted by Gasteiger charge is 2.11. The molecule has 4 heteroatoms. The van der Waals surface area contributed by atoms with E-state index in [9.17, 15) is 5.11 Å². The van der Waals surface area contributed by atoms with Gasteiger partial charge in [0.15, 0.2) is 0 Å². The number of pyridine rings is 1. The topological polar surface area (TPSA) is 33.1 Å². The molecule has 0 aliphatic heterocycles. The van der Waals surface area contributed by atoms with Crippen LogP contribution in [0.4, 0.5) is 0 Å². The van der Waals surface area contributed by atoms with Gasteiger partial charge in [-0.2, -0.15) is 11.3 Å². The summed E-state index contributed by atoms with van der Waals surface area (Å²) in [6.07, 6.45) is 1.18. The van der Waals surface area contributed by atoms with Gasteiger partial charge in [0.2, 0.25) is 0 Å². The van der Waals surface area contributed by atoms with Crippen LogP contribution in [0.25, 0.3) is 10.2 Å². The summed E-state index contributed by atoms with van der Waals surface area (Å²) in [5.74, 6) is 0. The van der Waals surface area contributed by atoms with Crippen molar-refractivity contribution in [1.82, 2.24) is 4.98 Å². The highest BCUT2D eigenvalue weighted by atomic mass is 32.1. The maximum Gasteiger partial charge on any atom is 0.106 e. The molecule has 0 saturated carbocycles. The van der Waals surface area contributed by atoms with Crippen LogP contribution < -0.4 is 0 Å². The van der Waals surface area contributed by atoms with Crippen LogP contribution in [-0.4, -0.2) is 10.1 Å². The largest absolute Gasteiger partial charge is 0.384 e. The molecule has 0 aliphatic rings. The van der Waals surface area contributed by atoms with Gasteiger partial charge in [-0.15, -0.1) is 11.3 Å². The number of hydrogen-bond donors (Lipinski definition) is 1. The van der Waals surface area contributed by atoms with E-state index in [1.165, 1.54) is 0 Å². The number of nitrogens with zero attached hydrogens (tertiary/aromatic N) is 1. The van der Waals surface area contributed by atoms with E-state index in [1.54, 1.807) is 28.9 Å². The van der Waals surface area contributed by atoms with Crippen LogP contribution in [-0.2, 0) is 0 Å². The standard InChI is InChI=1S/C12H9NOS2/c14-12(8-1-3-15-7-8)9-5-11-10(13-6-9)2-4-16-11/h1-7,12,14H. The second-order valence-electron chi connectivity index (χ2n) is 3.53. The smallest absolute Gasteiger partial charge is 0.106 e. The summed E-state index contributed by atoms with van der Waals surface area (Å²) in [5, 5.41) is 16.1. The van der Waals surface area contributed by atoms with Crippen molar-refractivity contribution >= 4 is 32.9 Å². The summed E-state index contributed by atoms with van der Waals surface area (Å²) < 4.78 is 1.12. The Kier molecular flexibility index (Phi) is 2.47. The van der Waals surface area contributed by atoms with E-state index in [4.69, 9.17) is 0 Å². The number of aromatic nitrogens is 1. The number of fused-ring (bicyclic) bond motifs is 1. The molecule has 0 fully saturated rings. The van der Waals surface area contributed by atoms with Gasteiger partial charge in [-0.25, -0.2) is 0 Å². The molecule has 0 aliphatic carbocycles. The molecule has 3 aromatic heterocycles. The maximum absolute atomic E-state index is 10.1. The number of rotatable bonds is 2. The Morgan fingerprint density at radius 2 is 2.12 bits per heavy atom. The molecule has 3 aromatic rings. The van der Waals surface area contributed by atoms with Gasteiger partial charge in [0.25, 0.3) is 0 Å². The first-order chi connectivity index (χ1) is 7.84. The zero-order chi connectivity index (χ0) is 11.0. The van der Waals surface area contributed by atoms with Crippen LogP contribution in [0.2, 0.25) is 0 Å². The summed E-state index contributed by atoms with van der Waals surface area (Å²) in [6, 6.07) is 5.93. The molecule has 3 rings (SSSR count). The highest BCUT2D eigenvalue weighted by molar-refractivity contribution is 7.17. The predicted molar refractivity (Wildman–Crippen MR) is 68.0 cm³/mol. The summed E-state index contributed by atoms with van der Waals surface area (Å²) in [5.41, 5.74) is 2.78. The van der Waals surface area contributed by atoms with E-state index in [0.717, 1.165) is 21.3 Å². The van der Waals surface area contributed by atoms with Crippen LogP contribution in [0, 0.1) is 0 Å². The van der Waals surface area contributed by atoms with Gasteiger partial charge in [0, 0.05) is 11.8 Å². The average Bonchev–Trinajstić information content (AvgIpc) is 2.98. The highest BCUT2D eigenvalue weighted by Crippen LogP contribution is 2.27. The quantitative estimate of drug-likeness (QED) is 0.752. The second-order valence-corrected chi connectivity index (χ2v) is 5.26. The van der Waals surface area contributed by atoms with Crippen LogP contribution in [0.15, 0.2) is 40.5 Å². The zero-order valence-corrected chi connectivity index (χ0v) is 9.96.